The molecule has 0 radical (unpaired) electrons. The molecule has 0 unspecified atom stereocenters. The fraction of sp³-hybridized carbons (Fsp3) is 0.231. The van der Waals surface area contributed by atoms with E-state index < -0.39 is 11.7 Å². The molecular weight excluding hydrogens is 247 g/mol. The first-order chi connectivity index (χ1) is 8.97. The Morgan fingerprint density at radius 2 is 1.89 bits per heavy atom. The molecular formula is C13H13FN4O. The van der Waals surface area contributed by atoms with Gasteiger partial charge in [-0.05, 0) is 32.9 Å². The highest BCUT2D eigenvalue weighted by Crippen LogP contribution is 2.12. The van der Waals surface area contributed by atoms with Gasteiger partial charge in [-0.15, -0.1) is 5.10 Å². The summed E-state index contributed by atoms with van der Waals surface area (Å²) >= 11 is 0. The second kappa shape index (κ2) is 5.09. The van der Waals surface area contributed by atoms with Gasteiger partial charge in [-0.3, -0.25) is 10.1 Å². The molecule has 1 aromatic carbocycles. The molecule has 0 spiro atoms. The zero-order valence-corrected chi connectivity index (χ0v) is 10.9. The third-order valence-corrected chi connectivity index (χ3v) is 2.68. The molecule has 19 heavy (non-hydrogen) atoms. The van der Waals surface area contributed by atoms with E-state index in [1.165, 1.54) is 12.1 Å². The van der Waals surface area contributed by atoms with Crippen molar-refractivity contribution < 1.29 is 9.18 Å². The fourth-order valence-electron chi connectivity index (χ4n) is 1.49. The summed E-state index contributed by atoms with van der Waals surface area (Å²) in [4.78, 5) is 16.0. The van der Waals surface area contributed by atoms with Crippen molar-refractivity contribution in [2.75, 3.05) is 5.32 Å². The lowest BCUT2D eigenvalue weighted by molar-refractivity contribution is 0.102. The van der Waals surface area contributed by atoms with Crippen LogP contribution < -0.4 is 5.32 Å². The smallest absolute Gasteiger partial charge is 0.261 e. The number of benzene rings is 1. The van der Waals surface area contributed by atoms with Gasteiger partial charge in [0, 0.05) is 0 Å². The van der Waals surface area contributed by atoms with Crippen LogP contribution in [-0.4, -0.2) is 21.1 Å². The fourth-order valence-corrected chi connectivity index (χ4v) is 1.49. The third-order valence-electron chi connectivity index (χ3n) is 2.68. The quantitative estimate of drug-likeness (QED) is 0.898. The highest BCUT2D eigenvalue weighted by atomic mass is 19.1. The number of carbonyl (C=O) groups is 1. The van der Waals surface area contributed by atoms with Gasteiger partial charge in [0.25, 0.3) is 5.91 Å². The van der Waals surface area contributed by atoms with Crippen molar-refractivity contribution >= 4 is 11.9 Å². The van der Waals surface area contributed by atoms with Gasteiger partial charge in [0.05, 0.1) is 17.0 Å². The van der Waals surface area contributed by atoms with Gasteiger partial charge in [0.2, 0.25) is 5.95 Å². The summed E-state index contributed by atoms with van der Waals surface area (Å²) in [6.45, 7) is 5.30. The second-order valence-corrected chi connectivity index (χ2v) is 4.24. The lowest BCUT2D eigenvalue weighted by Crippen LogP contribution is -2.17. The standard InChI is InChI=1S/C13H13FN4O/c1-7-4-5-11(14)10(6-7)12(19)16-13-15-8(2)9(3)17-18-13/h4-6H,1-3H3,(H,15,16,18,19). The molecule has 0 fully saturated rings. The minimum atomic E-state index is -0.591. The Morgan fingerprint density at radius 3 is 2.58 bits per heavy atom. The zero-order chi connectivity index (χ0) is 14.0. The largest absolute Gasteiger partial charge is 0.289 e. The first-order valence-corrected chi connectivity index (χ1v) is 5.73. The number of hydrogen-bond acceptors (Lipinski definition) is 4. The summed E-state index contributed by atoms with van der Waals surface area (Å²) in [5, 5.41) is 10.0. The number of amides is 1. The number of hydrogen-bond donors (Lipinski definition) is 1. The summed E-state index contributed by atoms with van der Waals surface area (Å²) in [5.74, 6) is -1.11. The lowest BCUT2D eigenvalue weighted by Gasteiger charge is -2.06. The van der Waals surface area contributed by atoms with Crippen molar-refractivity contribution in [1.82, 2.24) is 15.2 Å². The van der Waals surface area contributed by atoms with Crippen LogP contribution in [0, 0.1) is 26.6 Å². The van der Waals surface area contributed by atoms with Crippen molar-refractivity contribution in [2.45, 2.75) is 20.8 Å². The van der Waals surface area contributed by atoms with Crippen LogP contribution in [0.2, 0.25) is 0 Å². The molecule has 0 saturated carbocycles. The van der Waals surface area contributed by atoms with E-state index in [2.05, 4.69) is 20.5 Å². The SMILES string of the molecule is Cc1ccc(F)c(C(=O)Nc2nnc(C)c(C)n2)c1. The average Bonchev–Trinajstić information content (AvgIpc) is 2.36. The number of aryl methyl sites for hydroxylation is 3. The van der Waals surface area contributed by atoms with Crippen LogP contribution in [0.4, 0.5) is 10.3 Å². The summed E-state index contributed by atoms with van der Waals surface area (Å²) in [5.41, 5.74) is 2.10. The molecule has 0 bridgehead atoms. The predicted molar refractivity (Wildman–Crippen MR) is 68.4 cm³/mol. The summed E-state index contributed by atoms with van der Waals surface area (Å²) in [6, 6.07) is 4.32. The van der Waals surface area contributed by atoms with Gasteiger partial charge in [-0.25, -0.2) is 9.37 Å². The summed E-state index contributed by atoms with van der Waals surface area (Å²) in [7, 11) is 0. The molecule has 1 aromatic heterocycles. The third kappa shape index (κ3) is 2.90. The Bertz CT molecular complexity index is 643. The Hall–Kier alpha value is -2.37. The number of halogens is 1. The van der Waals surface area contributed by atoms with Crippen LogP contribution >= 0.6 is 0 Å². The molecule has 1 amide bonds. The minimum absolute atomic E-state index is 0.0400. The number of nitrogens with zero attached hydrogens (tertiary/aromatic N) is 3. The van der Waals surface area contributed by atoms with Crippen molar-refractivity contribution in [3.63, 3.8) is 0 Å². The van der Waals surface area contributed by atoms with E-state index in [-0.39, 0.29) is 11.5 Å². The molecule has 2 aromatic rings. The lowest BCUT2D eigenvalue weighted by atomic mass is 10.1. The molecule has 0 atom stereocenters. The monoisotopic (exact) mass is 260 g/mol. The Balaban J connectivity index is 2.25. The molecule has 0 aliphatic carbocycles. The molecule has 5 nitrogen and oxygen atoms in total. The molecule has 98 valence electrons. The maximum absolute atomic E-state index is 13.5. The molecule has 0 aliphatic rings. The van der Waals surface area contributed by atoms with Crippen LogP contribution in [0.15, 0.2) is 18.2 Å². The average molecular weight is 260 g/mol. The normalized spacial score (nSPS) is 10.3. The number of rotatable bonds is 2. The molecule has 1 heterocycles. The predicted octanol–water partition coefficient (Wildman–Crippen LogP) is 2.19. The van der Waals surface area contributed by atoms with Crippen LogP contribution in [0.3, 0.4) is 0 Å². The van der Waals surface area contributed by atoms with E-state index in [1.54, 1.807) is 26.8 Å². The summed E-state index contributed by atoms with van der Waals surface area (Å²) in [6.07, 6.45) is 0. The molecule has 0 aliphatic heterocycles. The topological polar surface area (TPSA) is 67.8 Å². The Labute approximate surface area is 109 Å². The zero-order valence-electron chi connectivity index (χ0n) is 10.9. The van der Waals surface area contributed by atoms with Crippen molar-refractivity contribution in [1.29, 1.82) is 0 Å². The Kier molecular flexibility index (Phi) is 3.50. The van der Waals surface area contributed by atoms with Gasteiger partial charge in [0.1, 0.15) is 5.82 Å². The molecule has 2 rings (SSSR count). The van der Waals surface area contributed by atoms with Gasteiger partial charge in [-0.1, -0.05) is 11.6 Å². The van der Waals surface area contributed by atoms with Crippen LogP contribution in [0.5, 0.6) is 0 Å². The maximum atomic E-state index is 13.5. The number of nitrogens with one attached hydrogen (secondary N) is 1. The highest BCUT2D eigenvalue weighted by Gasteiger charge is 2.13. The number of aromatic nitrogens is 3. The minimum Gasteiger partial charge on any atom is -0.289 e. The molecule has 1 N–H and O–H groups in total. The second-order valence-electron chi connectivity index (χ2n) is 4.24. The maximum Gasteiger partial charge on any atom is 0.261 e. The van der Waals surface area contributed by atoms with Crippen molar-refractivity contribution in [3.8, 4) is 0 Å². The van der Waals surface area contributed by atoms with Gasteiger partial charge in [-0.2, -0.15) is 5.10 Å². The molecule has 0 saturated heterocycles. The van der Waals surface area contributed by atoms with E-state index in [4.69, 9.17) is 0 Å². The van der Waals surface area contributed by atoms with Gasteiger partial charge >= 0.3 is 0 Å². The molecule has 6 heteroatoms. The first-order valence-electron chi connectivity index (χ1n) is 5.73. The number of carbonyl (C=O) groups excluding carboxylic acids is 1. The van der Waals surface area contributed by atoms with E-state index in [0.717, 1.165) is 5.56 Å². The van der Waals surface area contributed by atoms with Crippen LogP contribution in [0.25, 0.3) is 0 Å². The van der Waals surface area contributed by atoms with Crippen molar-refractivity contribution in [2.24, 2.45) is 0 Å². The highest BCUT2D eigenvalue weighted by molar-refractivity contribution is 6.03. The van der Waals surface area contributed by atoms with Crippen LogP contribution in [-0.2, 0) is 0 Å². The van der Waals surface area contributed by atoms with E-state index in [1.807, 2.05) is 0 Å². The van der Waals surface area contributed by atoms with Gasteiger partial charge in [0.15, 0.2) is 0 Å². The van der Waals surface area contributed by atoms with Gasteiger partial charge < -0.3 is 0 Å². The Morgan fingerprint density at radius 1 is 1.16 bits per heavy atom. The van der Waals surface area contributed by atoms with Crippen molar-refractivity contribution in [3.05, 3.63) is 46.5 Å². The van der Waals surface area contributed by atoms with E-state index in [0.29, 0.717) is 11.4 Å². The number of anilines is 1. The van der Waals surface area contributed by atoms with E-state index >= 15 is 0 Å². The van der Waals surface area contributed by atoms with Crippen LogP contribution in [0.1, 0.15) is 27.3 Å². The first kappa shape index (κ1) is 13.1. The van der Waals surface area contributed by atoms with E-state index in [9.17, 15) is 9.18 Å². The summed E-state index contributed by atoms with van der Waals surface area (Å²) < 4.78 is 13.5.